The van der Waals surface area contributed by atoms with Crippen LogP contribution in [0.4, 0.5) is 4.39 Å². The third-order valence-corrected chi connectivity index (χ3v) is 3.53. The summed E-state index contributed by atoms with van der Waals surface area (Å²) in [5.41, 5.74) is 0.672. The molecule has 0 fully saturated rings. The van der Waals surface area contributed by atoms with Crippen molar-refractivity contribution in [2.75, 3.05) is 13.7 Å². The Bertz CT molecular complexity index is 542. The van der Waals surface area contributed by atoms with Crippen LogP contribution in [0.1, 0.15) is 31.4 Å². The molecule has 114 valence electrons. The first-order valence-corrected chi connectivity index (χ1v) is 7.23. The Morgan fingerprint density at radius 3 is 2.90 bits per heavy atom. The monoisotopic (exact) mass is 291 g/mol. The van der Waals surface area contributed by atoms with Crippen LogP contribution < -0.4 is 10.1 Å². The molecule has 0 radical (unpaired) electrons. The highest BCUT2D eigenvalue weighted by molar-refractivity contribution is 5.30. The van der Waals surface area contributed by atoms with Gasteiger partial charge in [-0.15, -0.1) is 0 Å². The zero-order valence-electron chi connectivity index (χ0n) is 12.6. The molecule has 1 heterocycles. The number of aromatic nitrogens is 2. The number of rotatable bonds is 8. The predicted octanol–water partition coefficient (Wildman–Crippen LogP) is 3.16. The van der Waals surface area contributed by atoms with Crippen molar-refractivity contribution < 1.29 is 9.13 Å². The van der Waals surface area contributed by atoms with Crippen LogP contribution >= 0.6 is 0 Å². The Morgan fingerprint density at radius 1 is 1.38 bits per heavy atom. The highest BCUT2D eigenvalue weighted by atomic mass is 19.1. The second kappa shape index (κ2) is 7.78. The number of hydrogen-bond donors (Lipinski definition) is 1. The molecule has 2 aromatic rings. The molecule has 0 aliphatic carbocycles. The van der Waals surface area contributed by atoms with Gasteiger partial charge in [0.15, 0.2) is 0 Å². The summed E-state index contributed by atoms with van der Waals surface area (Å²) in [6, 6.07) is 4.98. The van der Waals surface area contributed by atoms with E-state index in [1.807, 2.05) is 19.4 Å². The first-order chi connectivity index (χ1) is 10.2. The van der Waals surface area contributed by atoms with Crippen LogP contribution in [0.2, 0.25) is 0 Å². The number of nitrogens with one attached hydrogen (secondary N) is 1. The van der Waals surface area contributed by atoms with Crippen LogP contribution in [0.15, 0.2) is 36.9 Å². The van der Waals surface area contributed by atoms with Crippen molar-refractivity contribution in [3.63, 3.8) is 0 Å². The predicted molar refractivity (Wildman–Crippen MR) is 80.8 cm³/mol. The molecule has 0 amide bonds. The van der Waals surface area contributed by atoms with Gasteiger partial charge < -0.3 is 14.6 Å². The van der Waals surface area contributed by atoms with Crippen molar-refractivity contribution in [2.24, 2.45) is 0 Å². The summed E-state index contributed by atoms with van der Waals surface area (Å²) in [5, 5.41) is 3.35. The lowest BCUT2D eigenvalue weighted by molar-refractivity contribution is 0.409. The largest absolute Gasteiger partial charge is 0.497 e. The Hall–Kier alpha value is -1.88. The number of aryl methyl sites for hydroxylation is 1. The van der Waals surface area contributed by atoms with Gasteiger partial charge in [0.2, 0.25) is 0 Å². The smallest absolute Gasteiger partial charge is 0.131 e. The van der Waals surface area contributed by atoms with E-state index in [4.69, 9.17) is 4.74 Å². The molecule has 0 bridgehead atoms. The van der Waals surface area contributed by atoms with Crippen molar-refractivity contribution in [3.8, 4) is 5.75 Å². The number of benzene rings is 1. The summed E-state index contributed by atoms with van der Waals surface area (Å²) < 4.78 is 21.0. The average molecular weight is 291 g/mol. The topological polar surface area (TPSA) is 39.1 Å². The third kappa shape index (κ3) is 4.56. The lowest BCUT2D eigenvalue weighted by Crippen LogP contribution is -2.21. The molecule has 0 aliphatic heterocycles. The van der Waals surface area contributed by atoms with Gasteiger partial charge in [0.25, 0.3) is 0 Å². The fourth-order valence-corrected chi connectivity index (χ4v) is 2.25. The van der Waals surface area contributed by atoms with Crippen LogP contribution in [0.5, 0.6) is 5.75 Å². The van der Waals surface area contributed by atoms with Gasteiger partial charge in [-0.05, 0) is 32.4 Å². The molecule has 2 rings (SSSR count). The van der Waals surface area contributed by atoms with E-state index in [0.717, 1.165) is 25.9 Å². The van der Waals surface area contributed by atoms with E-state index in [0.29, 0.717) is 11.3 Å². The molecule has 0 spiro atoms. The maximum absolute atomic E-state index is 13.9. The molecular weight excluding hydrogens is 269 g/mol. The quantitative estimate of drug-likeness (QED) is 0.759. The van der Waals surface area contributed by atoms with Gasteiger partial charge in [-0.3, -0.25) is 0 Å². The molecular formula is C16H22FN3O. The Morgan fingerprint density at radius 2 is 2.24 bits per heavy atom. The van der Waals surface area contributed by atoms with Gasteiger partial charge in [0.1, 0.15) is 11.6 Å². The summed E-state index contributed by atoms with van der Waals surface area (Å²) in [6.07, 6.45) is 7.68. The SMILES string of the molecule is COc1ccc(C(C)NCCCCn2ccnc2)c(F)c1. The second-order valence-corrected chi connectivity index (χ2v) is 5.07. The van der Waals surface area contributed by atoms with Crippen LogP contribution in [0.3, 0.4) is 0 Å². The third-order valence-electron chi connectivity index (χ3n) is 3.53. The Kier molecular flexibility index (Phi) is 5.75. The highest BCUT2D eigenvalue weighted by Crippen LogP contribution is 2.21. The molecule has 1 aromatic heterocycles. The molecule has 0 saturated carbocycles. The minimum atomic E-state index is -0.229. The zero-order valence-corrected chi connectivity index (χ0v) is 12.6. The van der Waals surface area contributed by atoms with Gasteiger partial charge in [-0.25, -0.2) is 9.37 Å². The fourth-order valence-electron chi connectivity index (χ4n) is 2.25. The minimum absolute atomic E-state index is 0.0100. The van der Waals surface area contributed by atoms with Gasteiger partial charge in [-0.1, -0.05) is 6.07 Å². The molecule has 4 nitrogen and oxygen atoms in total. The summed E-state index contributed by atoms with van der Waals surface area (Å²) in [6.45, 7) is 3.80. The van der Waals surface area contributed by atoms with Crippen molar-refractivity contribution in [1.82, 2.24) is 14.9 Å². The number of nitrogens with zero attached hydrogens (tertiary/aromatic N) is 2. The van der Waals surface area contributed by atoms with Gasteiger partial charge in [0.05, 0.1) is 13.4 Å². The van der Waals surface area contributed by atoms with E-state index in [2.05, 4.69) is 14.9 Å². The van der Waals surface area contributed by atoms with E-state index < -0.39 is 0 Å². The minimum Gasteiger partial charge on any atom is -0.497 e. The molecule has 1 atom stereocenters. The van der Waals surface area contributed by atoms with Gasteiger partial charge in [0, 0.05) is 36.6 Å². The molecule has 1 aromatic carbocycles. The lowest BCUT2D eigenvalue weighted by atomic mass is 10.1. The molecule has 5 heteroatoms. The Balaban J connectivity index is 1.72. The average Bonchev–Trinajstić information content (AvgIpc) is 2.99. The van der Waals surface area contributed by atoms with Crippen molar-refractivity contribution >= 4 is 0 Å². The first kappa shape index (κ1) is 15.5. The molecule has 0 saturated heterocycles. The number of imidazole rings is 1. The maximum atomic E-state index is 13.9. The number of halogens is 1. The van der Waals surface area contributed by atoms with E-state index in [1.165, 1.54) is 13.2 Å². The summed E-state index contributed by atoms with van der Waals surface area (Å²) >= 11 is 0. The fraction of sp³-hybridized carbons (Fsp3) is 0.438. The Labute approximate surface area is 125 Å². The van der Waals surface area contributed by atoms with Crippen LogP contribution in [-0.2, 0) is 6.54 Å². The lowest BCUT2D eigenvalue weighted by Gasteiger charge is -2.15. The number of unbranched alkanes of at least 4 members (excludes halogenated alkanes) is 1. The number of ether oxygens (including phenoxy) is 1. The summed E-state index contributed by atoms with van der Waals surface area (Å²) in [5.74, 6) is 0.316. The normalized spacial score (nSPS) is 12.3. The van der Waals surface area contributed by atoms with E-state index in [-0.39, 0.29) is 11.9 Å². The molecule has 1 unspecified atom stereocenters. The standard InChI is InChI=1S/C16H22FN3O/c1-13(15-6-5-14(21-2)11-16(15)17)19-7-3-4-9-20-10-8-18-12-20/h5-6,8,10-13,19H,3-4,7,9H2,1-2H3. The van der Waals surface area contributed by atoms with Gasteiger partial charge >= 0.3 is 0 Å². The first-order valence-electron chi connectivity index (χ1n) is 7.23. The molecule has 1 N–H and O–H groups in total. The van der Waals surface area contributed by atoms with Crippen molar-refractivity contribution in [3.05, 3.63) is 48.3 Å². The van der Waals surface area contributed by atoms with Crippen molar-refractivity contribution in [2.45, 2.75) is 32.4 Å². The van der Waals surface area contributed by atoms with E-state index in [9.17, 15) is 4.39 Å². The number of hydrogen-bond acceptors (Lipinski definition) is 3. The van der Waals surface area contributed by atoms with Crippen LogP contribution in [0.25, 0.3) is 0 Å². The van der Waals surface area contributed by atoms with Gasteiger partial charge in [-0.2, -0.15) is 0 Å². The van der Waals surface area contributed by atoms with E-state index >= 15 is 0 Å². The van der Waals surface area contributed by atoms with E-state index in [1.54, 1.807) is 18.3 Å². The van der Waals surface area contributed by atoms with Crippen LogP contribution in [-0.4, -0.2) is 23.2 Å². The highest BCUT2D eigenvalue weighted by Gasteiger charge is 2.10. The maximum Gasteiger partial charge on any atom is 0.131 e. The van der Waals surface area contributed by atoms with Crippen LogP contribution in [0, 0.1) is 5.82 Å². The van der Waals surface area contributed by atoms with Crippen molar-refractivity contribution in [1.29, 1.82) is 0 Å². The molecule has 21 heavy (non-hydrogen) atoms. The second-order valence-electron chi connectivity index (χ2n) is 5.07. The number of methoxy groups -OCH3 is 1. The molecule has 0 aliphatic rings. The summed E-state index contributed by atoms with van der Waals surface area (Å²) in [7, 11) is 1.54. The zero-order chi connectivity index (χ0) is 15.1. The summed E-state index contributed by atoms with van der Waals surface area (Å²) in [4.78, 5) is 4.01.